The molecule has 1 saturated heterocycles. The molecule has 0 radical (unpaired) electrons. The van der Waals surface area contributed by atoms with E-state index in [9.17, 15) is 8.78 Å². The molecule has 2 N–H and O–H groups in total. The lowest BCUT2D eigenvalue weighted by molar-refractivity contribution is 0.198. The van der Waals surface area contributed by atoms with Crippen molar-refractivity contribution in [2.24, 2.45) is 11.7 Å². The number of rotatable bonds is 10. The standard InChI is InChI=1S/C33H39ClF2N2O/c1-3-24(21-37)8-14-29-23(2)6-4-7-31(30-15-11-26(36)20-32(30)34)33(29)25-9-12-27(13-10-25)39-28-16-19-38(22-28)18-5-17-35/h3,8-15,20,23,28H,1,4-7,16-19,21-22,37H2,2H3/b24-8+,29-14+/t23?,28-/m0/s1. The van der Waals surface area contributed by atoms with Crippen molar-refractivity contribution < 1.29 is 13.5 Å². The van der Waals surface area contributed by atoms with Crippen molar-refractivity contribution in [1.29, 1.82) is 0 Å². The molecule has 39 heavy (non-hydrogen) atoms. The van der Waals surface area contributed by atoms with E-state index in [1.165, 1.54) is 17.7 Å². The summed E-state index contributed by atoms with van der Waals surface area (Å²) in [4.78, 5) is 2.26. The van der Waals surface area contributed by atoms with Gasteiger partial charge >= 0.3 is 0 Å². The number of nitrogens with zero attached hydrogens (tertiary/aromatic N) is 1. The summed E-state index contributed by atoms with van der Waals surface area (Å²) < 4.78 is 32.8. The largest absolute Gasteiger partial charge is 0.489 e. The van der Waals surface area contributed by atoms with Crippen LogP contribution in [0.1, 0.15) is 50.2 Å². The van der Waals surface area contributed by atoms with Gasteiger partial charge in [-0.15, -0.1) is 0 Å². The SMILES string of the molecule is C=C/C(=C\C=C1\C(c2ccc(O[C@H]3CCN(CCCF)C3)cc2)=C(c2ccc(F)cc2Cl)CCCC1C)CN. The van der Waals surface area contributed by atoms with Gasteiger partial charge in [-0.05, 0) is 95.7 Å². The van der Waals surface area contributed by atoms with E-state index in [-0.39, 0.29) is 18.6 Å². The molecule has 0 bridgehead atoms. The zero-order valence-electron chi connectivity index (χ0n) is 22.8. The highest BCUT2D eigenvalue weighted by Crippen LogP contribution is 2.44. The normalized spacial score (nSPS) is 21.9. The van der Waals surface area contributed by atoms with Crippen LogP contribution in [-0.2, 0) is 0 Å². The number of hydrogen-bond donors (Lipinski definition) is 1. The fourth-order valence-corrected chi connectivity index (χ4v) is 5.85. The molecule has 6 heteroatoms. The fraction of sp³-hybridized carbons (Fsp3) is 0.394. The average molecular weight is 553 g/mol. The molecule has 0 spiro atoms. The molecule has 1 aliphatic carbocycles. The summed E-state index contributed by atoms with van der Waals surface area (Å²) in [5.41, 5.74) is 12.2. The van der Waals surface area contributed by atoms with Gasteiger partial charge in [0.05, 0.1) is 11.7 Å². The van der Waals surface area contributed by atoms with Crippen molar-refractivity contribution >= 4 is 22.7 Å². The van der Waals surface area contributed by atoms with Crippen molar-refractivity contribution in [1.82, 2.24) is 4.90 Å². The number of benzene rings is 2. The summed E-state index contributed by atoms with van der Waals surface area (Å²) in [6, 6.07) is 12.9. The molecule has 2 aromatic rings. The summed E-state index contributed by atoms with van der Waals surface area (Å²) in [6.45, 7) is 8.80. The quantitative estimate of drug-likeness (QED) is 0.303. The van der Waals surface area contributed by atoms with E-state index in [4.69, 9.17) is 22.1 Å². The molecule has 0 amide bonds. The number of likely N-dealkylation sites (tertiary alicyclic amines) is 1. The third kappa shape index (κ3) is 7.47. The molecular weight excluding hydrogens is 514 g/mol. The first-order chi connectivity index (χ1) is 18.9. The van der Waals surface area contributed by atoms with Gasteiger partial charge in [0.15, 0.2) is 0 Å². The van der Waals surface area contributed by atoms with Gasteiger partial charge in [-0.25, -0.2) is 4.39 Å². The highest BCUT2D eigenvalue weighted by atomic mass is 35.5. The van der Waals surface area contributed by atoms with Crippen LogP contribution in [0, 0.1) is 11.7 Å². The Labute approximate surface area is 236 Å². The Balaban J connectivity index is 1.72. The summed E-state index contributed by atoms with van der Waals surface area (Å²) in [5.74, 6) is 0.783. The monoisotopic (exact) mass is 552 g/mol. The second-order valence-corrected chi connectivity index (χ2v) is 10.8. The molecule has 1 heterocycles. The lowest BCUT2D eigenvalue weighted by atomic mass is 9.84. The van der Waals surface area contributed by atoms with E-state index in [0.29, 0.717) is 23.9 Å². The van der Waals surface area contributed by atoms with Crippen LogP contribution in [0.25, 0.3) is 11.1 Å². The van der Waals surface area contributed by atoms with E-state index < -0.39 is 0 Å². The van der Waals surface area contributed by atoms with Gasteiger partial charge in [-0.2, -0.15) is 0 Å². The topological polar surface area (TPSA) is 38.5 Å². The maximum absolute atomic E-state index is 14.0. The van der Waals surface area contributed by atoms with Crippen LogP contribution < -0.4 is 10.5 Å². The lowest BCUT2D eigenvalue weighted by Crippen LogP contribution is -2.26. The van der Waals surface area contributed by atoms with Crippen LogP contribution in [0.3, 0.4) is 0 Å². The molecule has 2 aromatic carbocycles. The number of hydrogen-bond acceptors (Lipinski definition) is 3. The Bertz CT molecular complexity index is 1230. The van der Waals surface area contributed by atoms with E-state index >= 15 is 0 Å². The maximum Gasteiger partial charge on any atom is 0.124 e. The summed E-state index contributed by atoms with van der Waals surface area (Å²) in [6.07, 6.45) is 10.5. The number of halogens is 3. The first-order valence-electron chi connectivity index (χ1n) is 13.9. The number of nitrogens with two attached hydrogens (primary N) is 1. The van der Waals surface area contributed by atoms with Crippen LogP contribution in [-0.4, -0.2) is 43.9 Å². The summed E-state index contributed by atoms with van der Waals surface area (Å²) >= 11 is 6.61. The minimum Gasteiger partial charge on any atom is -0.489 e. The Morgan fingerprint density at radius 3 is 2.69 bits per heavy atom. The van der Waals surface area contributed by atoms with Crippen molar-refractivity contribution in [2.45, 2.75) is 45.1 Å². The van der Waals surface area contributed by atoms with Crippen molar-refractivity contribution in [2.75, 3.05) is 32.9 Å². The summed E-state index contributed by atoms with van der Waals surface area (Å²) in [5, 5.41) is 0.416. The predicted molar refractivity (Wildman–Crippen MR) is 159 cm³/mol. The first kappa shape index (κ1) is 29.3. The van der Waals surface area contributed by atoms with Crippen molar-refractivity contribution in [3.05, 3.63) is 100 Å². The van der Waals surface area contributed by atoms with Gasteiger partial charge in [0, 0.05) is 26.2 Å². The lowest BCUT2D eigenvalue weighted by Gasteiger charge is -2.21. The first-order valence-corrected chi connectivity index (χ1v) is 14.3. The van der Waals surface area contributed by atoms with Crippen molar-refractivity contribution in [3.8, 4) is 5.75 Å². The van der Waals surface area contributed by atoms with Crippen LogP contribution in [0.2, 0.25) is 5.02 Å². The van der Waals surface area contributed by atoms with Gasteiger partial charge in [0.25, 0.3) is 0 Å². The second kappa shape index (κ2) is 14.1. The van der Waals surface area contributed by atoms with Crippen LogP contribution in [0.15, 0.2) is 78.4 Å². The zero-order chi connectivity index (χ0) is 27.8. The Morgan fingerprint density at radius 1 is 1.21 bits per heavy atom. The number of alkyl halides is 1. The average Bonchev–Trinajstić information content (AvgIpc) is 3.31. The third-order valence-electron chi connectivity index (χ3n) is 7.70. The molecule has 4 rings (SSSR count). The molecular formula is C33H39ClF2N2O. The Morgan fingerprint density at radius 2 is 2.00 bits per heavy atom. The van der Waals surface area contributed by atoms with E-state index in [1.54, 1.807) is 12.1 Å². The molecule has 0 aromatic heterocycles. The third-order valence-corrected chi connectivity index (χ3v) is 8.01. The molecule has 0 saturated carbocycles. The zero-order valence-corrected chi connectivity index (χ0v) is 23.5. The molecule has 1 fully saturated rings. The molecule has 1 aliphatic heterocycles. The van der Waals surface area contributed by atoms with E-state index in [0.717, 1.165) is 78.9 Å². The summed E-state index contributed by atoms with van der Waals surface area (Å²) in [7, 11) is 0. The molecule has 1 unspecified atom stereocenters. The maximum atomic E-state index is 14.0. The second-order valence-electron chi connectivity index (χ2n) is 10.4. The minimum atomic E-state index is -0.346. The Kier molecular flexibility index (Phi) is 10.6. The van der Waals surface area contributed by atoms with Crippen LogP contribution >= 0.6 is 11.6 Å². The van der Waals surface area contributed by atoms with Gasteiger partial charge in [-0.1, -0.05) is 61.5 Å². The predicted octanol–water partition coefficient (Wildman–Crippen LogP) is 8.02. The van der Waals surface area contributed by atoms with Crippen LogP contribution in [0.5, 0.6) is 5.75 Å². The smallest absolute Gasteiger partial charge is 0.124 e. The van der Waals surface area contributed by atoms with Gasteiger partial charge < -0.3 is 10.5 Å². The van der Waals surface area contributed by atoms with Crippen LogP contribution in [0.4, 0.5) is 8.78 Å². The van der Waals surface area contributed by atoms with E-state index in [1.807, 2.05) is 18.2 Å². The highest BCUT2D eigenvalue weighted by molar-refractivity contribution is 6.32. The molecule has 2 atom stereocenters. The van der Waals surface area contributed by atoms with Gasteiger partial charge in [0.1, 0.15) is 17.7 Å². The van der Waals surface area contributed by atoms with Crippen molar-refractivity contribution in [3.63, 3.8) is 0 Å². The molecule has 208 valence electrons. The molecule has 3 nitrogen and oxygen atoms in total. The highest BCUT2D eigenvalue weighted by Gasteiger charge is 2.26. The van der Waals surface area contributed by atoms with Gasteiger partial charge in [0.2, 0.25) is 0 Å². The molecule has 2 aliphatic rings. The van der Waals surface area contributed by atoms with Gasteiger partial charge in [-0.3, -0.25) is 9.29 Å². The number of ether oxygens (including phenoxy) is 1. The minimum absolute atomic E-state index is 0.107. The van der Waals surface area contributed by atoms with E-state index in [2.05, 4.69) is 36.6 Å². The number of allylic oxidation sites excluding steroid dienone is 5. The Hall–Kier alpha value is -2.73. The fourth-order valence-electron chi connectivity index (χ4n) is 5.57.